The molecule has 0 saturated carbocycles. The van der Waals surface area contributed by atoms with Crippen LogP contribution in [0.4, 0.5) is 0 Å². The molecule has 0 aliphatic carbocycles. The first-order valence-electron chi connectivity index (χ1n) is 1.21. The van der Waals surface area contributed by atoms with Gasteiger partial charge in [-0.25, -0.2) is 0 Å². The van der Waals surface area contributed by atoms with Gasteiger partial charge in [-0.1, -0.05) is 0 Å². The first-order chi connectivity index (χ1) is 1.91. The number of nitrogens with one attached hydrogen (secondary N) is 2. The third kappa shape index (κ3) is 66.1. The van der Waals surface area contributed by atoms with Gasteiger partial charge in [0.05, 0.1) is 0 Å². The predicted molar refractivity (Wildman–Crippen MR) is 27.3 cm³/mol. The summed E-state index contributed by atoms with van der Waals surface area (Å²) in [5.74, 6) is 0. The Bertz CT molecular complexity index is 14.9. The quantitative estimate of drug-likeness (QED) is 0.531. The summed E-state index contributed by atoms with van der Waals surface area (Å²) in [4.78, 5) is 0. The van der Waals surface area contributed by atoms with Crippen molar-refractivity contribution in [3.63, 3.8) is 0 Å². The molecule has 0 aliphatic rings. The van der Waals surface area contributed by atoms with Gasteiger partial charge in [0, 0.05) is 16.8 Å². The maximum absolute atomic E-state index is 6.26. The summed E-state index contributed by atoms with van der Waals surface area (Å²) in [6.07, 6.45) is 0. The van der Waals surface area contributed by atoms with E-state index in [9.17, 15) is 0 Å². The second-order valence-electron chi connectivity index (χ2n) is 0.500. The topological polar surface area (TPSA) is 113 Å². The standard InChI is InChI=1S/C2H6N2.Co.H2N.H2O/c3-1-2-4;;;/h3-4H,1-2H2;;2*1H2/q-2;;-1;. The van der Waals surface area contributed by atoms with E-state index in [-0.39, 0.29) is 41.5 Å². The molecule has 1 radical (unpaired) electrons. The van der Waals surface area contributed by atoms with Crippen LogP contribution in [0.25, 0.3) is 17.6 Å². The molecule has 0 saturated heterocycles. The van der Waals surface area contributed by atoms with Gasteiger partial charge in [0.1, 0.15) is 0 Å². The van der Waals surface area contributed by atoms with Gasteiger partial charge in [-0.3, -0.25) is 0 Å². The second-order valence-corrected chi connectivity index (χ2v) is 0.500. The van der Waals surface area contributed by atoms with E-state index < -0.39 is 0 Å². The first-order valence-corrected chi connectivity index (χ1v) is 1.21. The summed E-state index contributed by atoms with van der Waals surface area (Å²) >= 11 is 0. The molecule has 0 aromatic heterocycles. The van der Waals surface area contributed by atoms with Crippen molar-refractivity contribution in [2.45, 2.75) is 0 Å². The number of rotatable bonds is 1. The van der Waals surface area contributed by atoms with Crippen LogP contribution in [0.3, 0.4) is 0 Å². The molecule has 0 spiro atoms. The minimum absolute atomic E-state index is 0. The summed E-state index contributed by atoms with van der Waals surface area (Å²) in [5.41, 5.74) is 12.5. The Labute approximate surface area is 53.7 Å². The van der Waals surface area contributed by atoms with Crippen molar-refractivity contribution in [3.8, 4) is 0 Å². The van der Waals surface area contributed by atoms with Gasteiger partial charge in [-0.15, -0.1) is 0 Å². The first kappa shape index (κ1) is 26.4. The predicted octanol–water partition coefficient (Wildman–Crippen LogP) is 0.981. The number of hydrogen-bond donors (Lipinski definition) is 0. The second kappa shape index (κ2) is 32.9. The Morgan fingerprint density at radius 2 is 1.14 bits per heavy atom. The van der Waals surface area contributed by atoms with Crippen LogP contribution in [0.1, 0.15) is 0 Å². The summed E-state index contributed by atoms with van der Waals surface area (Å²) < 4.78 is 0. The molecule has 0 bridgehead atoms. The van der Waals surface area contributed by atoms with E-state index in [1.54, 1.807) is 0 Å². The van der Waals surface area contributed by atoms with Crippen LogP contribution in [0.2, 0.25) is 0 Å². The summed E-state index contributed by atoms with van der Waals surface area (Å²) in [6, 6.07) is 0. The molecule has 6 N–H and O–H groups in total. The van der Waals surface area contributed by atoms with Crippen molar-refractivity contribution in [3.05, 3.63) is 17.6 Å². The molecule has 0 rings (SSSR count). The van der Waals surface area contributed by atoms with Crippen LogP contribution in [0, 0.1) is 0 Å². The fraction of sp³-hybridized carbons (Fsp3) is 1.00. The van der Waals surface area contributed by atoms with Crippen LogP contribution in [0.15, 0.2) is 0 Å². The maximum Gasteiger partial charge on any atom is 0 e. The van der Waals surface area contributed by atoms with Gasteiger partial charge in [-0.05, 0) is 0 Å². The fourth-order valence-electron chi connectivity index (χ4n) is 0. The normalized spacial score (nSPS) is 4.29. The third-order valence-electron chi connectivity index (χ3n) is 0.125. The molecule has 0 fully saturated rings. The molecule has 4 nitrogen and oxygen atoms in total. The Morgan fingerprint density at radius 3 is 1.14 bits per heavy atom. The molecule has 5 heteroatoms. The molecule has 7 heavy (non-hydrogen) atoms. The molecule has 0 amide bonds. The largest absolute Gasteiger partial charge is 0.693 e. The molecular weight excluding hydrogens is 141 g/mol. The van der Waals surface area contributed by atoms with Crippen molar-refractivity contribution in [2.75, 3.05) is 13.1 Å². The summed E-state index contributed by atoms with van der Waals surface area (Å²) in [5, 5.41) is 0. The van der Waals surface area contributed by atoms with Crippen molar-refractivity contribution in [1.29, 1.82) is 0 Å². The number of nitrogens with two attached hydrogens (primary N) is 1. The maximum atomic E-state index is 6.26. The molecule has 0 atom stereocenters. The van der Waals surface area contributed by atoms with Gasteiger partial charge in [0.25, 0.3) is 0 Å². The summed E-state index contributed by atoms with van der Waals surface area (Å²) in [7, 11) is 0. The van der Waals surface area contributed by atoms with E-state index in [1.807, 2.05) is 0 Å². The van der Waals surface area contributed by atoms with Gasteiger partial charge >= 0.3 is 0 Å². The third-order valence-corrected chi connectivity index (χ3v) is 0.125. The average Bonchev–Trinajstić information content (AvgIpc) is 1.37. The van der Waals surface area contributed by atoms with Crippen LogP contribution in [-0.4, -0.2) is 18.6 Å². The zero-order chi connectivity index (χ0) is 3.41. The van der Waals surface area contributed by atoms with Gasteiger partial charge in [0.2, 0.25) is 0 Å². The molecule has 0 heterocycles. The zero-order valence-corrected chi connectivity index (χ0v) is 4.87. The smallest absolute Gasteiger partial charge is 0 e. The minimum Gasteiger partial charge on any atom is -0.693 e. The number of hydrogen-bond acceptors (Lipinski definition) is 0. The van der Waals surface area contributed by atoms with Crippen molar-refractivity contribution in [1.82, 2.24) is 0 Å². The molecule has 51 valence electrons. The van der Waals surface area contributed by atoms with Gasteiger partial charge in [-0.2, -0.15) is 13.1 Å². The van der Waals surface area contributed by atoms with E-state index >= 15 is 0 Å². The van der Waals surface area contributed by atoms with Crippen molar-refractivity contribution in [2.24, 2.45) is 0 Å². The Hall–Kier alpha value is 0.346. The van der Waals surface area contributed by atoms with E-state index in [4.69, 9.17) is 11.5 Å². The van der Waals surface area contributed by atoms with E-state index in [1.165, 1.54) is 0 Å². The molecule has 0 aromatic carbocycles. The molecule has 0 unspecified atom stereocenters. The average molecular weight is 151 g/mol. The van der Waals surface area contributed by atoms with E-state index in [2.05, 4.69) is 0 Å². The van der Waals surface area contributed by atoms with E-state index in [0.29, 0.717) is 0 Å². The van der Waals surface area contributed by atoms with Gasteiger partial charge < -0.3 is 23.1 Å². The van der Waals surface area contributed by atoms with Crippen molar-refractivity contribution < 1.29 is 22.3 Å². The Balaban J connectivity index is -0.0000000150. The zero-order valence-electron chi connectivity index (χ0n) is 3.82. The minimum atomic E-state index is 0. The van der Waals surface area contributed by atoms with E-state index in [0.717, 1.165) is 0 Å². The molecular formula is C2H10CoN3O-3. The fourth-order valence-corrected chi connectivity index (χ4v) is 0. The monoisotopic (exact) mass is 151 g/mol. The molecule has 0 aliphatic heterocycles. The van der Waals surface area contributed by atoms with Crippen LogP contribution in [-0.2, 0) is 16.8 Å². The van der Waals surface area contributed by atoms with Crippen LogP contribution >= 0.6 is 0 Å². The van der Waals surface area contributed by atoms with Crippen LogP contribution < -0.4 is 0 Å². The van der Waals surface area contributed by atoms with Gasteiger partial charge in [0.15, 0.2) is 0 Å². The Morgan fingerprint density at radius 1 is 1.00 bits per heavy atom. The summed E-state index contributed by atoms with van der Waals surface area (Å²) in [6.45, 7) is 0.472. The van der Waals surface area contributed by atoms with Crippen molar-refractivity contribution >= 4 is 0 Å². The Kier molecular flexibility index (Phi) is 124. The van der Waals surface area contributed by atoms with Crippen LogP contribution in [0.5, 0.6) is 0 Å². The SMILES string of the molecule is O.[Co].[NH-]CC[NH-].[NH2-]. The molecule has 0 aromatic rings.